The lowest BCUT2D eigenvalue weighted by Gasteiger charge is -2.23. The third-order valence-corrected chi connectivity index (χ3v) is 5.87. The molecule has 35 heavy (non-hydrogen) atoms. The maximum Gasteiger partial charge on any atom is 0.340 e. The van der Waals surface area contributed by atoms with E-state index in [0.717, 1.165) is 10.5 Å². The van der Waals surface area contributed by atoms with Crippen LogP contribution in [0.1, 0.15) is 28.6 Å². The fraction of sp³-hybridized carbons (Fsp3) is 0.111. The number of amides is 2. The minimum Gasteiger partial charge on any atom is -0.457 e. The number of benzene rings is 2. The second-order valence-corrected chi connectivity index (χ2v) is 8.20. The normalized spacial score (nSPS) is 14.9. The van der Waals surface area contributed by atoms with Gasteiger partial charge in [0.05, 0.1) is 10.6 Å². The molecule has 3 aromatic rings. The molecular formula is C27H19ClN2O5. The Morgan fingerprint density at radius 3 is 2.57 bits per heavy atom. The molecule has 0 N–H and O–H groups in total. The van der Waals surface area contributed by atoms with Crippen LogP contribution in [0.3, 0.4) is 0 Å². The van der Waals surface area contributed by atoms with E-state index in [-0.39, 0.29) is 33.9 Å². The number of rotatable bonds is 5. The number of nitriles is 1. The van der Waals surface area contributed by atoms with Gasteiger partial charge in [-0.25, -0.2) is 4.79 Å². The Kier molecular flexibility index (Phi) is 6.67. The van der Waals surface area contributed by atoms with Crippen molar-refractivity contribution in [1.29, 1.82) is 5.26 Å². The molecule has 1 aromatic heterocycles. The molecule has 0 aliphatic carbocycles. The van der Waals surface area contributed by atoms with Crippen LogP contribution in [0.5, 0.6) is 0 Å². The summed E-state index contributed by atoms with van der Waals surface area (Å²) in [6.07, 6.45) is 1.48. The van der Waals surface area contributed by atoms with Gasteiger partial charge >= 0.3 is 5.97 Å². The van der Waals surface area contributed by atoms with Gasteiger partial charge in [-0.05, 0) is 54.5 Å². The van der Waals surface area contributed by atoms with Gasteiger partial charge in [0.25, 0.3) is 11.8 Å². The number of nitrogens with zero attached hydrogens (tertiary/aromatic N) is 2. The van der Waals surface area contributed by atoms with E-state index in [1.807, 2.05) is 36.4 Å². The topological polar surface area (TPSA) is 101 Å². The summed E-state index contributed by atoms with van der Waals surface area (Å²) < 4.78 is 11.3. The molecule has 2 aromatic carbocycles. The van der Waals surface area contributed by atoms with Gasteiger partial charge in [-0.1, -0.05) is 41.9 Å². The highest BCUT2D eigenvalue weighted by Crippen LogP contribution is 2.30. The third kappa shape index (κ3) is 4.79. The van der Waals surface area contributed by atoms with Crippen molar-refractivity contribution in [2.75, 3.05) is 7.05 Å². The number of likely N-dealkylation sites (N-methyl/N-ethyl adjacent to an activating group) is 1. The zero-order chi connectivity index (χ0) is 25.1. The van der Waals surface area contributed by atoms with Crippen molar-refractivity contribution in [1.82, 2.24) is 4.90 Å². The Bertz CT molecular complexity index is 1440. The largest absolute Gasteiger partial charge is 0.457 e. The first-order valence-electron chi connectivity index (χ1n) is 10.6. The first-order valence-corrected chi connectivity index (χ1v) is 10.9. The summed E-state index contributed by atoms with van der Waals surface area (Å²) in [5.74, 6) is -0.967. The second-order valence-electron chi connectivity index (χ2n) is 7.80. The molecule has 0 atom stereocenters. The molecule has 8 heteroatoms. The number of carbonyl (C=O) groups is 3. The van der Waals surface area contributed by atoms with Crippen molar-refractivity contribution in [3.05, 3.63) is 99.3 Å². The van der Waals surface area contributed by atoms with E-state index in [4.69, 9.17) is 20.8 Å². The van der Waals surface area contributed by atoms with E-state index < -0.39 is 17.8 Å². The summed E-state index contributed by atoms with van der Waals surface area (Å²) in [5, 5.41) is 9.54. The highest BCUT2D eigenvalue weighted by atomic mass is 35.5. The molecular weight excluding hydrogens is 468 g/mol. The minimum absolute atomic E-state index is 0.0958. The minimum atomic E-state index is -0.639. The SMILES string of the molecule is CC1=C(C#N)C(=O)N(C)C(=O)/C1=C/c1ccc(-c2ccc(Cl)c(C(=O)OCc3ccccc3)c2)o1. The molecule has 1 aliphatic rings. The van der Waals surface area contributed by atoms with Crippen molar-refractivity contribution in [3.8, 4) is 17.4 Å². The number of hydrogen-bond acceptors (Lipinski definition) is 6. The lowest BCUT2D eigenvalue weighted by Crippen LogP contribution is -2.39. The quantitative estimate of drug-likeness (QED) is 0.280. The summed E-state index contributed by atoms with van der Waals surface area (Å²) in [6.45, 7) is 1.66. The van der Waals surface area contributed by atoms with Gasteiger partial charge in [0, 0.05) is 18.2 Å². The van der Waals surface area contributed by atoms with E-state index >= 15 is 0 Å². The molecule has 4 rings (SSSR count). The lowest BCUT2D eigenvalue weighted by atomic mass is 9.95. The monoisotopic (exact) mass is 486 g/mol. The van der Waals surface area contributed by atoms with Gasteiger partial charge in [0.2, 0.25) is 0 Å². The summed E-state index contributed by atoms with van der Waals surface area (Å²) in [7, 11) is 1.32. The van der Waals surface area contributed by atoms with Crippen molar-refractivity contribution in [2.45, 2.75) is 13.5 Å². The highest BCUT2D eigenvalue weighted by Gasteiger charge is 2.33. The number of halogens is 1. The van der Waals surface area contributed by atoms with Crippen LogP contribution in [0.25, 0.3) is 17.4 Å². The Morgan fingerprint density at radius 2 is 1.86 bits per heavy atom. The van der Waals surface area contributed by atoms with E-state index in [2.05, 4.69) is 0 Å². The number of furan rings is 1. The third-order valence-electron chi connectivity index (χ3n) is 5.54. The number of ether oxygens (including phenoxy) is 1. The standard InChI is InChI=1S/C27H19ClN2O5/c1-16-20(25(31)30(2)26(32)22(16)14-29)13-19-9-11-24(35-19)18-8-10-23(28)21(12-18)27(33)34-15-17-6-4-3-5-7-17/h3-13H,15H2,1-2H3/b20-13+. The molecule has 2 amide bonds. The number of imide groups is 1. The van der Waals surface area contributed by atoms with Gasteiger partial charge in [-0.15, -0.1) is 0 Å². The first kappa shape index (κ1) is 23.7. The average molecular weight is 487 g/mol. The Hall–Kier alpha value is -4.41. The number of esters is 1. The molecule has 0 saturated carbocycles. The summed E-state index contributed by atoms with van der Waals surface area (Å²) in [6, 6.07) is 19.3. The molecule has 1 aliphatic heterocycles. The zero-order valence-corrected chi connectivity index (χ0v) is 19.6. The van der Waals surface area contributed by atoms with Gasteiger partial charge in [0.15, 0.2) is 0 Å². The van der Waals surface area contributed by atoms with Gasteiger partial charge in [-0.3, -0.25) is 14.5 Å². The fourth-order valence-electron chi connectivity index (χ4n) is 3.56. The number of hydrogen-bond donors (Lipinski definition) is 0. The molecule has 0 radical (unpaired) electrons. The zero-order valence-electron chi connectivity index (χ0n) is 18.9. The van der Waals surface area contributed by atoms with Crippen LogP contribution in [-0.4, -0.2) is 29.7 Å². The van der Waals surface area contributed by atoms with Crippen LogP contribution >= 0.6 is 11.6 Å². The van der Waals surface area contributed by atoms with Crippen LogP contribution < -0.4 is 0 Å². The molecule has 0 saturated heterocycles. The van der Waals surface area contributed by atoms with Gasteiger partial charge in [-0.2, -0.15) is 5.26 Å². The van der Waals surface area contributed by atoms with Crippen molar-refractivity contribution in [2.24, 2.45) is 0 Å². The molecule has 0 bridgehead atoms. The second kappa shape index (κ2) is 9.84. The maximum absolute atomic E-state index is 12.6. The van der Waals surface area contributed by atoms with E-state index in [9.17, 15) is 19.6 Å². The van der Waals surface area contributed by atoms with Crippen LogP contribution in [0.4, 0.5) is 0 Å². The number of carbonyl (C=O) groups excluding carboxylic acids is 3. The Morgan fingerprint density at radius 1 is 1.11 bits per heavy atom. The summed E-state index contributed by atoms with van der Waals surface area (Å²) in [5.41, 5.74) is 2.00. The van der Waals surface area contributed by atoms with Gasteiger partial charge < -0.3 is 9.15 Å². The predicted molar refractivity (Wildman–Crippen MR) is 129 cm³/mol. The smallest absolute Gasteiger partial charge is 0.340 e. The van der Waals surface area contributed by atoms with Crippen molar-refractivity contribution < 1.29 is 23.5 Å². The molecule has 0 spiro atoms. The molecule has 174 valence electrons. The Balaban J connectivity index is 1.60. The molecule has 0 fully saturated rings. The van der Waals surface area contributed by atoms with Crippen molar-refractivity contribution >= 4 is 35.5 Å². The molecule has 2 heterocycles. The fourth-order valence-corrected chi connectivity index (χ4v) is 3.76. The Labute approximate surface area is 206 Å². The van der Waals surface area contributed by atoms with Crippen molar-refractivity contribution in [3.63, 3.8) is 0 Å². The van der Waals surface area contributed by atoms with E-state index in [0.29, 0.717) is 17.1 Å². The van der Waals surface area contributed by atoms with Crippen LogP contribution in [0.15, 0.2) is 81.8 Å². The molecule has 0 unspecified atom stereocenters. The lowest BCUT2D eigenvalue weighted by molar-refractivity contribution is -0.138. The van der Waals surface area contributed by atoms with E-state index in [1.165, 1.54) is 13.1 Å². The van der Waals surface area contributed by atoms with Crippen LogP contribution in [0.2, 0.25) is 5.02 Å². The first-order chi connectivity index (χ1) is 16.8. The average Bonchev–Trinajstić information content (AvgIpc) is 3.34. The highest BCUT2D eigenvalue weighted by molar-refractivity contribution is 6.33. The summed E-state index contributed by atoms with van der Waals surface area (Å²) >= 11 is 6.24. The predicted octanol–water partition coefficient (Wildman–Crippen LogP) is 5.18. The molecule has 7 nitrogen and oxygen atoms in total. The maximum atomic E-state index is 12.6. The van der Waals surface area contributed by atoms with E-state index in [1.54, 1.807) is 37.3 Å². The van der Waals surface area contributed by atoms with Crippen LogP contribution in [-0.2, 0) is 20.9 Å². The van der Waals surface area contributed by atoms with Crippen LogP contribution in [0, 0.1) is 11.3 Å². The van der Waals surface area contributed by atoms with Gasteiger partial charge in [0.1, 0.15) is 29.8 Å². The summed E-state index contributed by atoms with van der Waals surface area (Å²) in [4.78, 5) is 38.3.